The first kappa shape index (κ1) is 35.4. The van der Waals surface area contributed by atoms with E-state index in [1.165, 1.54) is 33.6 Å². The number of fused-ring (bicyclic) bond motifs is 1. The van der Waals surface area contributed by atoms with E-state index >= 15 is 0 Å². The first-order valence-corrected chi connectivity index (χ1v) is 16.3. The molecule has 1 fully saturated rings. The van der Waals surface area contributed by atoms with Crippen LogP contribution in [0.4, 0.5) is 35.0 Å². The first-order chi connectivity index (χ1) is 24.3. The molecule has 4 heterocycles. The van der Waals surface area contributed by atoms with E-state index in [1.54, 1.807) is 10.8 Å². The van der Waals surface area contributed by atoms with Crippen LogP contribution in [0.25, 0.3) is 11.4 Å². The highest BCUT2D eigenvalue weighted by atomic mass is 35.5. The van der Waals surface area contributed by atoms with Crippen molar-refractivity contribution in [3.05, 3.63) is 97.2 Å². The number of halogens is 4. The Hall–Kier alpha value is -5.42. The maximum atomic E-state index is 14.2. The number of anilines is 2. The van der Waals surface area contributed by atoms with Crippen molar-refractivity contribution in [3.8, 4) is 5.75 Å². The summed E-state index contributed by atoms with van der Waals surface area (Å²) >= 11 is 6.11. The molecule has 51 heavy (non-hydrogen) atoms. The Morgan fingerprint density at radius 1 is 1.12 bits per heavy atom. The molecule has 0 unspecified atom stereocenters. The molecule has 0 bridgehead atoms. The van der Waals surface area contributed by atoms with Crippen molar-refractivity contribution < 1.29 is 37.2 Å². The maximum Gasteiger partial charge on any atom is 0.416 e. The molecule has 1 N–H and O–H groups in total. The van der Waals surface area contributed by atoms with Gasteiger partial charge in [0.15, 0.2) is 0 Å². The average molecular weight is 730 g/mol. The van der Waals surface area contributed by atoms with Crippen LogP contribution in [-0.4, -0.2) is 75.2 Å². The second-order valence-corrected chi connectivity index (χ2v) is 12.1. The molecule has 2 aromatic heterocycles. The van der Waals surface area contributed by atoms with Crippen LogP contribution in [0.5, 0.6) is 5.75 Å². The van der Waals surface area contributed by atoms with Crippen molar-refractivity contribution in [2.45, 2.75) is 32.5 Å². The van der Waals surface area contributed by atoms with Gasteiger partial charge in [0.25, 0.3) is 11.2 Å². The Morgan fingerprint density at radius 2 is 1.84 bits per heavy atom. The van der Waals surface area contributed by atoms with Gasteiger partial charge in [-0.3, -0.25) is 19.7 Å². The SMILES string of the molecule is CCc1c(N2CCN(C(=O)Oc3ccc([N+](=O)[O-])cc3)CC2)c(=O)n2cc(C3=CCOCC3)nc2n1CC(=O)Nc1ccc(C(F)(F)F)cc1Cl. The lowest BCUT2D eigenvalue weighted by Gasteiger charge is -2.36. The van der Waals surface area contributed by atoms with Crippen molar-refractivity contribution in [2.24, 2.45) is 0 Å². The van der Waals surface area contributed by atoms with Crippen LogP contribution in [0.15, 0.2) is 59.5 Å². The smallest absolute Gasteiger partial charge is 0.410 e. The van der Waals surface area contributed by atoms with Gasteiger partial charge >= 0.3 is 12.3 Å². The number of amides is 2. The number of nitrogens with one attached hydrogen (secondary N) is 1. The van der Waals surface area contributed by atoms with Gasteiger partial charge in [-0.1, -0.05) is 24.6 Å². The quantitative estimate of drug-likeness (QED) is 0.186. The molecule has 2 aliphatic heterocycles. The van der Waals surface area contributed by atoms with Crippen LogP contribution in [0.2, 0.25) is 5.02 Å². The standard InChI is InChI=1S/C33H31ClF3N7O7/c1-2-27-29(40-11-13-41(14-12-40)32(47)51-23-6-4-22(5-7-23)44(48)49)30(46)43-18-26(20-9-15-50-16-10-20)39-31(43)42(27)19-28(45)38-25-8-3-21(17-24(25)34)33(35,36)37/h3-9,17-18H,2,10-16,19H2,1H3,(H,38,45). The minimum Gasteiger partial charge on any atom is -0.410 e. The molecule has 2 aromatic carbocycles. The summed E-state index contributed by atoms with van der Waals surface area (Å²) in [5, 5.41) is 13.2. The van der Waals surface area contributed by atoms with Gasteiger partial charge in [0.2, 0.25) is 11.7 Å². The Kier molecular flexibility index (Phi) is 10.0. The Bertz CT molecular complexity index is 2090. The number of hydrogen-bond donors (Lipinski definition) is 1. The predicted octanol–water partition coefficient (Wildman–Crippen LogP) is 5.40. The topological polar surface area (TPSA) is 154 Å². The van der Waals surface area contributed by atoms with Crippen LogP contribution in [0.3, 0.4) is 0 Å². The molecule has 2 amide bonds. The molecule has 0 saturated carbocycles. The summed E-state index contributed by atoms with van der Waals surface area (Å²) in [6, 6.07) is 7.74. The number of piperazine rings is 1. The highest BCUT2D eigenvalue weighted by molar-refractivity contribution is 6.33. The molecule has 4 aromatic rings. The van der Waals surface area contributed by atoms with E-state index in [4.69, 9.17) is 26.1 Å². The van der Waals surface area contributed by atoms with Gasteiger partial charge < -0.3 is 29.2 Å². The number of ether oxygens (including phenoxy) is 2. The number of alkyl halides is 3. The van der Waals surface area contributed by atoms with E-state index in [0.29, 0.717) is 43.1 Å². The van der Waals surface area contributed by atoms with E-state index in [9.17, 15) is 37.7 Å². The van der Waals surface area contributed by atoms with Gasteiger partial charge in [0.1, 0.15) is 18.0 Å². The summed E-state index contributed by atoms with van der Waals surface area (Å²) in [4.78, 5) is 59.0. The van der Waals surface area contributed by atoms with Gasteiger partial charge in [0.05, 0.1) is 45.8 Å². The van der Waals surface area contributed by atoms with E-state index in [0.717, 1.165) is 23.8 Å². The number of hydrogen-bond acceptors (Lipinski definition) is 9. The third-order valence-electron chi connectivity index (χ3n) is 8.56. The third-order valence-corrected chi connectivity index (χ3v) is 8.87. The number of carbonyl (C=O) groups excluding carboxylic acids is 2. The van der Waals surface area contributed by atoms with Crippen molar-refractivity contribution in [2.75, 3.05) is 49.6 Å². The largest absolute Gasteiger partial charge is 0.416 e. The lowest BCUT2D eigenvalue weighted by atomic mass is 10.1. The molecule has 18 heteroatoms. The molecular weight excluding hydrogens is 699 g/mol. The van der Waals surface area contributed by atoms with Gasteiger partial charge in [-0.15, -0.1) is 0 Å². The van der Waals surface area contributed by atoms with Gasteiger partial charge in [-0.2, -0.15) is 13.2 Å². The van der Waals surface area contributed by atoms with E-state index < -0.39 is 28.7 Å². The minimum absolute atomic E-state index is 0.0156. The number of aromatic nitrogens is 3. The predicted molar refractivity (Wildman–Crippen MR) is 180 cm³/mol. The molecule has 1 saturated heterocycles. The molecule has 0 radical (unpaired) electrons. The Labute approximate surface area is 292 Å². The zero-order valence-corrected chi connectivity index (χ0v) is 27.9. The second kappa shape index (κ2) is 14.4. The molecule has 0 aliphatic carbocycles. The van der Waals surface area contributed by atoms with E-state index in [2.05, 4.69) is 5.32 Å². The fourth-order valence-electron chi connectivity index (χ4n) is 5.99. The highest BCUT2D eigenvalue weighted by Crippen LogP contribution is 2.34. The number of rotatable bonds is 8. The van der Waals surface area contributed by atoms with Gasteiger partial charge in [0, 0.05) is 44.5 Å². The summed E-state index contributed by atoms with van der Waals surface area (Å²) in [5.74, 6) is -0.278. The summed E-state index contributed by atoms with van der Waals surface area (Å²) in [7, 11) is 0. The molecule has 268 valence electrons. The summed E-state index contributed by atoms with van der Waals surface area (Å²) < 4.78 is 53.3. The van der Waals surface area contributed by atoms with Crippen molar-refractivity contribution >= 4 is 52.0 Å². The van der Waals surface area contributed by atoms with E-state index in [-0.39, 0.29) is 66.2 Å². The first-order valence-electron chi connectivity index (χ1n) is 15.9. The monoisotopic (exact) mass is 729 g/mol. The summed E-state index contributed by atoms with van der Waals surface area (Å²) in [6.07, 6.45) is -0.925. The Balaban J connectivity index is 1.29. The number of non-ortho nitro benzene ring substituents is 1. The molecule has 0 atom stereocenters. The Morgan fingerprint density at radius 3 is 2.45 bits per heavy atom. The fraction of sp³-hybridized carbons (Fsp3) is 0.333. The van der Waals surface area contributed by atoms with Crippen LogP contribution < -0.4 is 20.5 Å². The number of imidazole rings is 1. The number of nitrogens with zero attached hydrogens (tertiary/aromatic N) is 6. The third kappa shape index (κ3) is 7.53. The molecule has 14 nitrogen and oxygen atoms in total. The normalized spacial score (nSPS) is 15.1. The van der Waals surface area contributed by atoms with E-state index in [1.807, 2.05) is 17.9 Å². The molecule has 2 aliphatic rings. The second-order valence-electron chi connectivity index (χ2n) is 11.7. The lowest BCUT2D eigenvalue weighted by molar-refractivity contribution is -0.384. The summed E-state index contributed by atoms with van der Waals surface area (Å²) in [6.45, 7) is 3.16. The van der Waals surface area contributed by atoms with Crippen LogP contribution in [0.1, 0.15) is 30.3 Å². The van der Waals surface area contributed by atoms with Gasteiger partial charge in [-0.05, 0) is 48.7 Å². The zero-order valence-electron chi connectivity index (χ0n) is 27.1. The number of nitro groups is 1. The molecular formula is C33H31ClF3N7O7. The number of carbonyl (C=O) groups is 2. The van der Waals surface area contributed by atoms with Crippen molar-refractivity contribution in [1.82, 2.24) is 18.9 Å². The van der Waals surface area contributed by atoms with Gasteiger partial charge in [-0.25, -0.2) is 14.2 Å². The zero-order chi connectivity index (χ0) is 36.4. The lowest BCUT2D eigenvalue weighted by Crippen LogP contribution is -2.51. The molecule has 6 rings (SSSR count). The van der Waals surface area contributed by atoms with Crippen LogP contribution in [-0.2, 0) is 28.7 Å². The number of benzene rings is 2. The summed E-state index contributed by atoms with van der Waals surface area (Å²) in [5.41, 5.74) is 0.700. The number of nitro benzene ring substituents is 1. The van der Waals surface area contributed by atoms with Crippen LogP contribution in [0, 0.1) is 10.1 Å². The highest BCUT2D eigenvalue weighted by Gasteiger charge is 2.32. The minimum atomic E-state index is -4.61. The van der Waals surface area contributed by atoms with Crippen molar-refractivity contribution in [1.29, 1.82) is 0 Å². The molecule has 0 spiro atoms. The fourth-order valence-corrected chi connectivity index (χ4v) is 6.22. The average Bonchev–Trinajstić information content (AvgIpc) is 3.57. The van der Waals surface area contributed by atoms with Crippen molar-refractivity contribution in [3.63, 3.8) is 0 Å². The van der Waals surface area contributed by atoms with Crippen LogP contribution >= 0.6 is 11.6 Å². The maximum absolute atomic E-state index is 14.2.